The molecule has 12 heteroatoms. The van der Waals surface area contributed by atoms with Crippen molar-refractivity contribution in [2.45, 2.75) is 46.1 Å². The third-order valence-corrected chi connectivity index (χ3v) is 11.5. The van der Waals surface area contributed by atoms with Crippen LogP contribution in [0.3, 0.4) is 0 Å². The predicted octanol–water partition coefficient (Wildman–Crippen LogP) is 5.03. The maximum absolute atomic E-state index is 13.8. The molecule has 1 atom stereocenters. The number of hydrogen-bond acceptors (Lipinski definition) is 8. The number of carbonyl (C=O) groups excluding carboxylic acids is 1. The zero-order valence-electron chi connectivity index (χ0n) is 25.9. The quantitative estimate of drug-likeness (QED) is 0.319. The van der Waals surface area contributed by atoms with Crippen molar-refractivity contribution in [1.82, 2.24) is 29.2 Å². The third-order valence-electron chi connectivity index (χ3n) is 9.29. The average Bonchev–Trinajstić information content (AvgIpc) is 3.50. The van der Waals surface area contributed by atoms with E-state index in [4.69, 9.17) is 14.1 Å². The zero-order chi connectivity index (χ0) is 30.6. The second-order valence-corrected chi connectivity index (χ2v) is 15.6. The van der Waals surface area contributed by atoms with Crippen LogP contribution < -0.4 is 10.1 Å². The van der Waals surface area contributed by atoms with Gasteiger partial charge in [-0.05, 0) is 81.3 Å². The first-order chi connectivity index (χ1) is 21.1. The molecule has 232 valence electrons. The summed E-state index contributed by atoms with van der Waals surface area (Å²) in [6.07, 6.45) is 5.43. The van der Waals surface area contributed by atoms with E-state index in [9.17, 15) is 9.00 Å². The summed E-state index contributed by atoms with van der Waals surface area (Å²) in [5.41, 5.74) is 5.24. The highest BCUT2D eigenvalue weighted by molar-refractivity contribution is 7.93. The van der Waals surface area contributed by atoms with Crippen molar-refractivity contribution in [2.24, 2.45) is 22.7 Å². The lowest BCUT2D eigenvalue weighted by atomic mass is 9.75. The molecular formula is C32H40N8O3S. The van der Waals surface area contributed by atoms with Gasteiger partial charge in [0.2, 0.25) is 11.8 Å². The Labute approximate surface area is 258 Å². The molecule has 1 amide bonds. The maximum atomic E-state index is 13.8. The van der Waals surface area contributed by atoms with Gasteiger partial charge in [0.05, 0.1) is 50.5 Å². The summed E-state index contributed by atoms with van der Waals surface area (Å²) in [6, 6.07) is 9.34. The van der Waals surface area contributed by atoms with Gasteiger partial charge in [-0.1, -0.05) is 6.92 Å². The minimum absolute atomic E-state index is 0.271. The van der Waals surface area contributed by atoms with Gasteiger partial charge in [-0.3, -0.25) is 15.1 Å². The highest BCUT2D eigenvalue weighted by Crippen LogP contribution is 2.41. The predicted molar refractivity (Wildman–Crippen MR) is 172 cm³/mol. The molecule has 0 aliphatic carbocycles. The summed E-state index contributed by atoms with van der Waals surface area (Å²) in [5.74, 6) is 2.42. The molecule has 1 spiro atoms. The Hall–Kier alpha value is -3.77. The number of imidazole rings is 1. The van der Waals surface area contributed by atoms with Gasteiger partial charge in [0.15, 0.2) is 0 Å². The summed E-state index contributed by atoms with van der Waals surface area (Å²) in [5, 5.41) is 7.47. The Bertz CT molecular complexity index is 1860. The number of nitrogens with zero attached hydrogens (tertiary/aromatic N) is 7. The highest BCUT2D eigenvalue weighted by atomic mass is 32.2. The number of benzene rings is 1. The molecule has 4 aromatic rings. The maximum Gasteiger partial charge on any atom is 0.258 e. The molecule has 1 aromatic carbocycles. The Morgan fingerprint density at radius 3 is 2.68 bits per heavy atom. The lowest BCUT2D eigenvalue weighted by molar-refractivity contribution is 0.0142. The summed E-state index contributed by atoms with van der Waals surface area (Å²) >= 11 is 0. The van der Waals surface area contributed by atoms with Gasteiger partial charge in [0.1, 0.15) is 0 Å². The van der Waals surface area contributed by atoms with Crippen LogP contribution in [0.5, 0.6) is 5.88 Å². The summed E-state index contributed by atoms with van der Waals surface area (Å²) in [7, 11) is 1.67. The number of anilines is 1. The van der Waals surface area contributed by atoms with Crippen molar-refractivity contribution >= 4 is 38.3 Å². The molecule has 3 aliphatic rings. The molecule has 11 nitrogen and oxygen atoms in total. The molecule has 3 aliphatic heterocycles. The second-order valence-electron chi connectivity index (χ2n) is 13.1. The van der Waals surface area contributed by atoms with Crippen LogP contribution in [0.4, 0.5) is 11.6 Å². The van der Waals surface area contributed by atoms with E-state index in [1.807, 2.05) is 32.2 Å². The van der Waals surface area contributed by atoms with E-state index in [-0.39, 0.29) is 11.8 Å². The van der Waals surface area contributed by atoms with E-state index in [0.29, 0.717) is 64.5 Å². The smallest absolute Gasteiger partial charge is 0.258 e. The van der Waals surface area contributed by atoms with Gasteiger partial charge >= 0.3 is 0 Å². The molecule has 6 heterocycles. The Morgan fingerprint density at radius 1 is 1.11 bits per heavy atom. The zero-order valence-corrected chi connectivity index (χ0v) is 26.7. The van der Waals surface area contributed by atoms with Crippen molar-refractivity contribution in [3.05, 3.63) is 47.8 Å². The molecule has 0 saturated carbocycles. The number of amides is 1. The standard InChI is InChI=1S/C32H40N8O3S/c1-21-6-5-11-43-30-25(17-33-39(30)4)27-15-23(14-22(2)34-27)29(41)36-31-35-26-8-7-24(16-28(26)40(31)18-21)37-44(42)12-9-32(10-13-44)19-38(3)20-32/h7-8,14-17,21H,5-6,9-13,18-20H2,1-4H3,(H,35,36,41)/t21-/m1/s1. The number of fused-ring (bicyclic) bond motifs is 7. The Balaban J connectivity index is 1.24. The second kappa shape index (κ2) is 11.0. The van der Waals surface area contributed by atoms with Crippen LogP contribution in [0.15, 0.2) is 40.9 Å². The molecule has 44 heavy (non-hydrogen) atoms. The van der Waals surface area contributed by atoms with Crippen molar-refractivity contribution in [3.63, 3.8) is 0 Å². The fraction of sp³-hybridized carbons (Fsp3) is 0.500. The summed E-state index contributed by atoms with van der Waals surface area (Å²) < 4.78 is 28.6. The third kappa shape index (κ3) is 5.49. The number of rotatable bonds is 1. The van der Waals surface area contributed by atoms with E-state index in [0.717, 1.165) is 55.4 Å². The van der Waals surface area contributed by atoms with E-state index in [1.54, 1.807) is 23.0 Å². The number of carbonyl (C=O) groups is 1. The van der Waals surface area contributed by atoms with Gasteiger partial charge < -0.3 is 14.2 Å². The topological polar surface area (TPSA) is 120 Å². The minimum atomic E-state index is -2.32. The van der Waals surface area contributed by atoms with Crippen LogP contribution in [0.25, 0.3) is 22.3 Å². The SMILES string of the molecule is Cc1cc2cc(n1)-c1cnn(C)c1OCCC[C@@H](C)Cn1c(nc3ccc(N=S4(=O)CCC5(CC4)CN(C)C5)cc31)NC2=O. The number of hydrogen-bond donors (Lipinski definition) is 1. The number of pyridine rings is 1. The van der Waals surface area contributed by atoms with Crippen molar-refractivity contribution in [3.8, 4) is 17.1 Å². The minimum Gasteiger partial charge on any atom is -0.477 e. The molecule has 2 bridgehead atoms. The summed E-state index contributed by atoms with van der Waals surface area (Å²) in [4.78, 5) is 25.5. The van der Waals surface area contributed by atoms with Gasteiger partial charge in [-0.2, -0.15) is 9.46 Å². The fourth-order valence-electron chi connectivity index (χ4n) is 7.01. The van der Waals surface area contributed by atoms with Crippen molar-refractivity contribution in [2.75, 3.05) is 43.6 Å². The fourth-order valence-corrected chi connectivity index (χ4v) is 9.40. The lowest BCUT2D eigenvalue weighted by Crippen LogP contribution is -2.57. The summed E-state index contributed by atoms with van der Waals surface area (Å²) in [6.45, 7) is 7.45. The molecular weight excluding hydrogens is 576 g/mol. The molecule has 2 saturated heterocycles. The van der Waals surface area contributed by atoms with Crippen LogP contribution in [-0.2, 0) is 23.3 Å². The number of nitrogens with one attached hydrogen (secondary N) is 1. The van der Waals surface area contributed by atoms with Crippen LogP contribution >= 0.6 is 0 Å². The lowest BCUT2D eigenvalue weighted by Gasteiger charge is -2.51. The Kier molecular flexibility index (Phi) is 7.24. The molecule has 2 fully saturated rings. The normalized spacial score (nSPS) is 21.7. The van der Waals surface area contributed by atoms with Gasteiger partial charge in [-0.15, -0.1) is 0 Å². The van der Waals surface area contributed by atoms with Gasteiger partial charge in [0, 0.05) is 49.4 Å². The number of aromatic nitrogens is 5. The highest BCUT2D eigenvalue weighted by Gasteiger charge is 2.44. The molecule has 0 unspecified atom stereocenters. The van der Waals surface area contributed by atoms with Crippen molar-refractivity contribution < 1.29 is 13.7 Å². The van der Waals surface area contributed by atoms with Crippen LogP contribution in [0, 0.1) is 18.3 Å². The van der Waals surface area contributed by atoms with Crippen LogP contribution in [-0.4, -0.2) is 77.6 Å². The molecule has 0 radical (unpaired) electrons. The van der Waals surface area contributed by atoms with E-state index >= 15 is 0 Å². The van der Waals surface area contributed by atoms with Gasteiger partial charge in [0.25, 0.3) is 5.91 Å². The van der Waals surface area contributed by atoms with Crippen LogP contribution in [0.1, 0.15) is 48.7 Å². The number of aryl methyl sites for hydroxylation is 2. The van der Waals surface area contributed by atoms with Gasteiger partial charge in [-0.25, -0.2) is 13.9 Å². The van der Waals surface area contributed by atoms with Crippen LogP contribution in [0.2, 0.25) is 0 Å². The monoisotopic (exact) mass is 616 g/mol. The van der Waals surface area contributed by atoms with E-state index in [1.165, 1.54) is 0 Å². The number of likely N-dealkylation sites (tertiary alicyclic amines) is 1. The average molecular weight is 617 g/mol. The van der Waals surface area contributed by atoms with E-state index in [2.05, 4.69) is 38.8 Å². The first-order valence-corrected chi connectivity index (χ1v) is 17.3. The van der Waals surface area contributed by atoms with Crippen molar-refractivity contribution in [1.29, 1.82) is 0 Å². The molecule has 1 N–H and O–H groups in total. The first kappa shape index (κ1) is 29.0. The largest absolute Gasteiger partial charge is 0.477 e. The molecule has 7 rings (SSSR count). The van der Waals surface area contributed by atoms with E-state index < -0.39 is 9.73 Å². The first-order valence-electron chi connectivity index (χ1n) is 15.5. The number of ether oxygens (including phenoxy) is 1. The molecule has 3 aromatic heterocycles. The Morgan fingerprint density at radius 2 is 1.91 bits per heavy atom.